The van der Waals surface area contributed by atoms with Gasteiger partial charge < -0.3 is 19.5 Å². The summed E-state index contributed by atoms with van der Waals surface area (Å²) < 4.78 is 47.8. The molecular weight excluding hydrogens is 584 g/mol. The first-order valence-electron chi connectivity index (χ1n) is 14.1. The van der Waals surface area contributed by atoms with Gasteiger partial charge in [-0.1, -0.05) is 0 Å². The average molecular weight is 614 g/mol. The van der Waals surface area contributed by atoms with Crippen LogP contribution in [0, 0.1) is 41.9 Å². The Labute approximate surface area is 256 Å². The van der Waals surface area contributed by atoms with Crippen molar-refractivity contribution in [1.29, 1.82) is 10.5 Å². The standard InChI is InChI=1S/C32H29F2N7O4/c1-18-10-20(6-5-9-35)11-19(2)25(18)45-27-24-26(37-29(38-27)39-32-14-31(15-32,16-32)17-36)40(30(42)41(24)28(33)34)13-21-7-8-22(43-3)12-23(21)44-4/h5-8,10-12,28H,13-16H2,1-4H3,(H,37,38,39)/b6-5+. The molecule has 3 fully saturated rings. The molecule has 0 saturated heterocycles. The van der Waals surface area contributed by atoms with E-state index in [0.29, 0.717) is 57.8 Å². The van der Waals surface area contributed by atoms with Crippen LogP contribution in [0.25, 0.3) is 17.2 Å². The molecule has 45 heavy (non-hydrogen) atoms. The first-order chi connectivity index (χ1) is 21.5. The van der Waals surface area contributed by atoms with Crippen molar-refractivity contribution < 1.29 is 23.0 Å². The molecule has 2 aromatic carbocycles. The molecule has 3 aliphatic carbocycles. The van der Waals surface area contributed by atoms with Gasteiger partial charge in [0.05, 0.1) is 38.3 Å². The molecule has 3 aliphatic rings. The van der Waals surface area contributed by atoms with E-state index in [2.05, 4.69) is 21.4 Å². The number of benzene rings is 2. The minimum absolute atomic E-state index is 0.0591. The number of methoxy groups -OCH3 is 2. The van der Waals surface area contributed by atoms with Crippen LogP contribution in [0.2, 0.25) is 0 Å². The first-order valence-corrected chi connectivity index (χ1v) is 14.1. The lowest BCUT2D eigenvalue weighted by Gasteiger charge is -2.66. The first kappa shape index (κ1) is 29.6. The van der Waals surface area contributed by atoms with Crippen molar-refractivity contribution in [2.75, 3.05) is 19.5 Å². The van der Waals surface area contributed by atoms with Crippen molar-refractivity contribution in [3.63, 3.8) is 0 Å². The van der Waals surface area contributed by atoms with Crippen LogP contribution >= 0.6 is 0 Å². The van der Waals surface area contributed by atoms with Gasteiger partial charge in [-0.05, 0) is 80.1 Å². The molecule has 13 heteroatoms. The molecule has 4 aromatic rings. The number of alkyl halides is 2. The van der Waals surface area contributed by atoms with Gasteiger partial charge in [-0.2, -0.15) is 29.3 Å². The van der Waals surface area contributed by atoms with E-state index < -0.39 is 17.8 Å². The van der Waals surface area contributed by atoms with Crippen LogP contribution in [0.4, 0.5) is 14.7 Å². The summed E-state index contributed by atoms with van der Waals surface area (Å²) in [6, 6.07) is 12.9. The van der Waals surface area contributed by atoms with E-state index in [9.17, 15) is 18.8 Å². The number of hydrogen-bond acceptors (Lipinski definition) is 9. The van der Waals surface area contributed by atoms with Crippen LogP contribution in [0.15, 0.2) is 41.2 Å². The summed E-state index contributed by atoms with van der Waals surface area (Å²) >= 11 is 0. The van der Waals surface area contributed by atoms with Crippen LogP contribution in [0.5, 0.6) is 23.1 Å². The smallest absolute Gasteiger partial charge is 0.335 e. The molecule has 0 amide bonds. The molecule has 2 aromatic heterocycles. The number of anilines is 1. The fourth-order valence-electron chi connectivity index (χ4n) is 6.49. The lowest BCUT2D eigenvalue weighted by molar-refractivity contribution is -0.0665. The number of imidazole rings is 1. The molecule has 0 atom stereocenters. The van der Waals surface area contributed by atoms with Crippen LogP contribution in [0.1, 0.15) is 48.1 Å². The van der Waals surface area contributed by atoms with Gasteiger partial charge in [0.25, 0.3) is 5.88 Å². The molecule has 1 N–H and O–H groups in total. The Balaban J connectivity index is 1.52. The van der Waals surface area contributed by atoms with E-state index in [0.717, 1.165) is 10.1 Å². The highest BCUT2D eigenvalue weighted by molar-refractivity contribution is 5.80. The van der Waals surface area contributed by atoms with Crippen molar-refractivity contribution in [3.8, 4) is 35.3 Å². The number of aryl methyl sites for hydroxylation is 2. The SMILES string of the molecule is COc1ccc(Cn2c(=O)n(C(F)F)c3c(Oc4c(C)cc(/C=C/C#N)cc4C)nc(NC45CC(C#N)(C4)C5)nc32)c(OC)c1. The minimum Gasteiger partial charge on any atom is -0.497 e. The molecule has 0 spiro atoms. The number of nitrogens with zero attached hydrogens (tertiary/aromatic N) is 6. The third kappa shape index (κ3) is 5.00. The summed E-state index contributed by atoms with van der Waals surface area (Å²) in [4.78, 5) is 22.8. The lowest BCUT2D eigenvalue weighted by Crippen LogP contribution is -2.70. The van der Waals surface area contributed by atoms with Crippen LogP contribution in [-0.2, 0) is 6.54 Å². The summed E-state index contributed by atoms with van der Waals surface area (Å²) in [5.41, 5.74) is 0.529. The van der Waals surface area contributed by atoms with Gasteiger partial charge in [0.2, 0.25) is 5.95 Å². The molecule has 0 aliphatic heterocycles. The number of aromatic nitrogens is 4. The summed E-state index contributed by atoms with van der Waals surface area (Å²) in [6.07, 6.45) is 4.83. The summed E-state index contributed by atoms with van der Waals surface area (Å²) in [6.45, 7) is 0.207. The Morgan fingerprint density at radius 1 is 1.09 bits per heavy atom. The molecule has 11 nitrogen and oxygen atoms in total. The summed E-state index contributed by atoms with van der Waals surface area (Å²) in [5.74, 6) is 1.15. The average Bonchev–Trinajstić information content (AvgIpc) is 3.26. The fraction of sp³-hybridized carbons (Fsp3) is 0.344. The van der Waals surface area contributed by atoms with Gasteiger partial charge in [0.15, 0.2) is 11.2 Å². The Hall–Kier alpha value is -5.43. The van der Waals surface area contributed by atoms with Gasteiger partial charge in [0.1, 0.15) is 17.2 Å². The van der Waals surface area contributed by atoms with Gasteiger partial charge >= 0.3 is 12.2 Å². The molecule has 2 heterocycles. The van der Waals surface area contributed by atoms with Crippen LogP contribution in [-0.4, -0.2) is 38.9 Å². The molecule has 2 bridgehead atoms. The van der Waals surface area contributed by atoms with Crippen molar-refractivity contribution in [1.82, 2.24) is 19.1 Å². The molecular formula is C32H29F2N7O4. The van der Waals surface area contributed by atoms with Crippen molar-refractivity contribution in [2.45, 2.75) is 51.7 Å². The number of nitriles is 2. The number of hydrogen-bond donors (Lipinski definition) is 1. The predicted octanol–water partition coefficient (Wildman–Crippen LogP) is 5.86. The second kappa shape index (κ2) is 10.9. The molecule has 230 valence electrons. The number of rotatable bonds is 10. The normalized spacial score (nSPS) is 19.9. The number of ether oxygens (including phenoxy) is 3. The van der Waals surface area contributed by atoms with E-state index >= 15 is 0 Å². The highest BCUT2D eigenvalue weighted by atomic mass is 19.3. The lowest BCUT2D eigenvalue weighted by atomic mass is 9.40. The number of halogens is 2. The largest absolute Gasteiger partial charge is 0.497 e. The third-order valence-corrected chi connectivity index (χ3v) is 8.46. The predicted molar refractivity (Wildman–Crippen MR) is 161 cm³/mol. The van der Waals surface area contributed by atoms with E-state index in [4.69, 9.17) is 19.5 Å². The van der Waals surface area contributed by atoms with E-state index in [1.54, 1.807) is 50.3 Å². The zero-order valence-corrected chi connectivity index (χ0v) is 25.0. The maximum absolute atomic E-state index is 14.6. The molecule has 0 unspecified atom stereocenters. The maximum atomic E-state index is 14.6. The topological polar surface area (TPSA) is 140 Å². The zero-order valence-electron chi connectivity index (χ0n) is 25.0. The number of fused-ring (bicyclic) bond motifs is 1. The van der Waals surface area contributed by atoms with E-state index in [-0.39, 0.29) is 35.0 Å². The second-order valence-corrected chi connectivity index (χ2v) is 11.6. The monoisotopic (exact) mass is 613 g/mol. The number of allylic oxidation sites excluding steroid dienone is 1. The van der Waals surface area contributed by atoms with Crippen molar-refractivity contribution in [3.05, 3.63) is 69.1 Å². The van der Waals surface area contributed by atoms with Gasteiger partial charge in [-0.15, -0.1) is 0 Å². The second-order valence-electron chi connectivity index (χ2n) is 11.6. The van der Waals surface area contributed by atoms with Crippen LogP contribution < -0.4 is 25.2 Å². The van der Waals surface area contributed by atoms with Gasteiger partial charge in [0, 0.05) is 23.2 Å². The van der Waals surface area contributed by atoms with Gasteiger partial charge in [-0.3, -0.25) is 4.57 Å². The minimum atomic E-state index is -3.22. The van der Waals surface area contributed by atoms with Crippen molar-refractivity contribution in [2.24, 2.45) is 5.41 Å². The Morgan fingerprint density at radius 2 is 1.80 bits per heavy atom. The number of nitrogens with one attached hydrogen (secondary N) is 1. The highest BCUT2D eigenvalue weighted by Crippen LogP contribution is 2.67. The molecule has 0 radical (unpaired) electrons. The van der Waals surface area contributed by atoms with Crippen molar-refractivity contribution >= 4 is 23.2 Å². The highest BCUT2D eigenvalue weighted by Gasteiger charge is 2.69. The fourth-order valence-corrected chi connectivity index (χ4v) is 6.49. The zero-order chi connectivity index (χ0) is 32.1. The third-order valence-electron chi connectivity index (χ3n) is 8.46. The Bertz CT molecular complexity index is 1980. The summed E-state index contributed by atoms with van der Waals surface area (Å²) in [5, 5.41) is 21.7. The van der Waals surface area contributed by atoms with Crippen LogP contribution in [0.3, 0.4) is 0 Å². The Morgan fingerprint density at radius 3 is 2.40 bits per heavy atom. The maximum Gasteiger partial charge on any atom is 0.335 e. The van der Waals surface area contributed by atoms with E-state index in [1.165, 1.54) is 20.3 Å². The Kier molecular flexibility index (Phi) is 7.20. The quantitative estimate of drug-likeness (QED) is 0.218. The molecule has 7 rings (SSSR count). The van der Waals surface area contributed by atoms with Gasteiger partial charge in [-0.25, -0.2) is 9.36 Å². The molecule has 3 saturated carbocycles. The summed E-state index contributed by atoms with van der Waals surface area (Å²) in [7, 11) is 2.97. The van der Waals surface area contributed by atoms with E-state index in [1.807, 2.05) is 6.07 Å².